The van der Waals surface area contributed by atoms with E-state index in [0.717, 1.165) is 19.6 Å². The van der Waals surface area contributed by atoms with Gasteiger partial charge in [-0.25, -0.2) is 4.39 Å². The molecule has 0 saturated heterocycles. The summed E-state index contributed by atoms with van der Waals surface area (Å²) in [7, 11) is 0. The van der Waals surface area contributed by atoms with Crippen LogP contribution < -0.4 is 4.74 Å². The Bertz CT molecular complexity index is 365. The monoisotopic (exact) mass is 255 g/mol. The molecule has 0 aliphatic carbocycles. The van der Waals surface area contributed by atoms with Crippen molar-refractivity contribution in [1.29, 1.82) is 0 Å². The number of aliphatic hydroxyl groups excluding tert-OH is 1. The fraction of sp³-hybridized carbons (Fsp3) is 0.571. The maximum Gasteiger partial charge on any atom is 0.165 e. The highest BCUT2D eigenvalue weighted by molar-refractivity contribution is 5.30. The molecule has 102 valence electrons. The Kier molecular flexibility index (Phi) is 6.09. The van der Waals surface area contributed by atoms with Gasteiger partial charge in [-0.15, -0.1) is 0 Å². The van der Waals surface area contributed by atoms with E-state index in [1.807, 2.05) is 0 Å². The van der Waals surface area contributed by atoms with E-state index >= 15 is 0 Å². The molecule has 0 radical (unpaired) electrons. The minimum absolute atomic E-state index is 0.242. The number of hydrogen-bond donors (Lipinski definition) is 1. The predicted octanol–water partition coefficient (Wildman–Crippen LogP) is 2.60. The molecule has 4 heteroatoms. The highest BCUT2D eigenvalue weighted by atomic mass is 19.1. The molecule has 1 rings (SSSR count). The van der Waals surface area contributed by atoms with Gasteiger partial charge in [-0.1, -0.05) is 19.9 Å². The average Bonchev–Trinajstić information content (AvgIpc) is 2.36. The summed E-state index contributed by atoms with van der Waals surface area (Å²) in [5.41, 5.74) is 0.559. The number of hydrogen-bond acceptors (Lipinski definition) is 3. The van der Waals surface area contributed by atoms with E-state index in [4.69, 9.17) is 4.74 Å². The number of likely N-dealkylation sites (N-methyl/N-ethyl adjacent to an activating group) is 1. The largest absolute Gasteiger partial charge is 0.489 e. The lowest BCUT2D eigenvalue weighted by molar-refractivity contribution is 0.197. The van der Waals surface area contributed by atoms with E-state index < -0.39 is 11.9 Å². The number of benzene rings is 1. The van der Waals surface area contributed by atoms with Crippen molar-refractivity contribution in [2.75, 3.05) is 26.2 Å². The summed E-state index contributed by atoms with van der Waals surface area (Å²) in [5.74, 6) is -0.181. The van der Waals surface area contributed by atoms with Crippen molar-refractivity contribution in [3.8, 4) is 5.75 Å². The quantitative estimate of drug-likeness (QED) is 0.813. The van der Waals surface area contributed by atoms with Crippen LogP contribution in [0.25, 0.3) is 0 Å². The number of nitrogens with zero attached hydrogens (tertiary/aromatic N) is 1. The summed E-state index contributed by atoms with van der Waals surface area (Å²) in [4.78, 5) is 2.21. The third kappa shape index (κ3) is 4.27. The van der Waals surface area contributed by atoms with Crippen LogP contribution in [0, 0.1) is 5.82 Å². The first-order valence-corrected chi connectivity index (χ1v) is 6.41. The molecule has 1 aromatic carbocycles. The zero-order valence-corrected chi connectivity index (χ0v) is 11.3. The minimum Gasteiger partial charge on any atom is -0.489 e. The van der Waals surface area contributed by atoms with Crippen LogP contribution in [0.5, 0.6) is 5.75 Å². The van der Waals surface area contributed by atoms with Crippen molar-refractivity contribution in [3.63, 3.8) is 0 Å². The Morgan fingerprint density at radius 2 is 2.00 bits per heavy atom. The molecule has 1 N–H and O–H groups in total. The van der Waals surface area contributed by atoms with E-state index in [1.165, 1.54) is 6.07 Å². The van der Waals surface area contributed by atoms with Gasteiger partial charge >= 0.3 is 0 Å². The Morgan fingerprint density at radius 3 is 2.50 bits per heavy atom. The smallest absolute Gasteiger partial charge is 0.165 e. The van der Waals surface area contributed by atoms with Crippen molar-refractivity contribution in [2.45, 2.75) is 26.9 Å². The molecular formula is C14H22FNO2. The van der Waals surface area contributed by atoms with Gasteiger partial charge in [0.1, 0.15) is 6.61 Å². The summed E-state index contributed by atoms with van der Waals surface area (Å²) in [6, 6.07) is 4.57. The molecule has 0 aliphatic heterocycles. The summed E-state index contributed by atoms with van der Waals surface area (Å²) >= 11 is 0. The van der Waals surface area contributed by atoms with Gasteiger partial charge in [-0.3, -0.25) is 0 Å². The van der Waals surface area contributed by atoms with Crippen molar-refractivity contribution in [1.82, 2.24) is 4.90 Å². The highest BCUT2D eigenvalue weighted by Crippen LogP contribution is 2.21. The Hall–Kier alpha value is -1.13. The molecule has 3 nitrogen and oxygen atoms in total. The normalized spacial score (nSPS) is 12.8. The number of ether oxygens (including phenoxy) is 1. The third-order valence-corrected chi connectivity index (χ3v) is 3.00. The standard InChI is InChI=1S/C14H22FNO2/c1-4-16(5-2)8-9-18-14-7-6-12(11(3)17)10-13(14)15/h6-7,10-11,17H,4-5,8-9H2,1-3H3. The van der Waals surface area contributed by atoms with Crippen molar-refractivity contribution >= 4 is 0 Å². The van der Waals surface area contributed by atoms with Crippen LogP contribution in [0.15, 0.2) is 18.2 Å². The molecule has 1 unspecified atom stereocenters. The number of rotatable bonds is 7. The van der Waals surface area contributed by atoms with Crippen LogP contribution in [0.1, 0.15) is 32.4 Å². The topological polar surface area (TPSA) is 32.7 Å². The lowest BCUT2D eigenvalue weighted by atomic mass is 10.1. The molecule has 0 aromatic heterocycles. The van der Waals surface area contributed by atoms with Crippen LogP contribution >= 0.6 is 0 Å². The van der Waals surface area contributed by atoms with Crippen molar-refractivity contribution in [2.24, 2.45) is 0 Å². The zero-order chi connectivity index (χ0) is 13.5. The first-order valence-electron chi connectivity index (χ1n) is 6.41. The third-order valence-electron chi connectivity index (χ3n) is 3.00. The molecular weight excluding hydrogens is 233 g/mol. The molecule has 1 atom stereocenters. The van der Waals surface area contributed by atoms with Crippen LogP contribution in [0.3, 0.4) is 0 Å². The van der Waals surface area contributed by atoms with Crippen molar-refractivity contribution < 1.29 is 14.2 Å². The van der Waals surface area contributed by atoms with Gasteiger partial charge in [-0.2, -0.15) is 0 Å². The Balaban J connectivity index is 2.53. The maximum atomic E-state index is 13.6. The molecule has 0 aliphatic rings. The van der Waals surface area contributed by atoms with Gasteiger partial charge in [0.05, 0.1) is 6.10 Å². The number of aliphatic hydroxyl groups is 1. The van der Waals surface area contributed by atoms with Crippen molar-refractivity contribution in [3.05, 3.63) is 29.6 Å². The first kappa shape index (κ1) is 14.9. The summed E-state index contributed by atoms with van der Waals surface area (Å²) < 4.78 is 19.1. The predicted molar refractivity (Wildman–Crippen MR) is 70.3 cm³/mol. The number of halogens is 1. The lowest BCUT2D eigenvalue weighted by Gasteiger charge is -2.18. The zero-order valence-electron chi connectivity index (χ0n) is 11.3. The highest BCUT2D eigenvalue weighted by Gasteiger charge is 2.08. The van der Waals surface area contributed by atoms with Crippen LogP contribution in [0.4, 0.5) is 4.39 Å². The van der Waals surface area contributed by atoms with Gasteiger partial charge in [0.2, 0.25) is 0 Å². The second-order valence-corrected chi connectivity index (χ2v) is 4.24. The van der Waals surface area contributed by atoms with Crippen LogP contribution in [0.2, 0.25) is 0 Å². The van der Waals surface area contributed by atoms with E-state index in [1.54, 1.807) is 19.1 Å². The SMILES string of the molecule is CCN(CC)CCOc1ccc(C(C)O)cc1F. The summed E-state index contributed by atoms with van der Waals surface area (Å²) in [6.07, 6.45) is -0.663. The lowest BCUT2D eigenvalue weighted by Crippen LogP contribution is -2.28. The fourth-order valence-electron chi connectivity index (χ4n) is 1.72. The molecule has 0 fully saturated rings. The second kappa shape index (κ2) is 7.34. The van der Waals surface area contributed by atoms with E-state index in [-0.39, 0.29) is 5.75 Å². The molecule has 1 aromatic rings. The Morgan fingerprint density at radius 1 is 1.33 bits per heavy atom. The molecule has 0 heterocycles. The molecule has 0 saturated carbocycles. The van der Waals surface area contributed by atoms with E-state index in [2.05, 4.69) is 18.7 Å². The molecule has 0 spiro atoms. The maximum absolute atomic E-state index is 13.6. The minimum atomic E-state index is -0.663. The molecule has 18 heavy (non-hydrogen) atoms. The van der Waals surface area contributed by atoms with Gasteiger partial charge in [0.25, 0.3) is 0 Å². The van der Waals surface area contributed by atoms with Gasteiger partial charge in [0, 0.05) is 6.54 Å². The molecule has 0 amide bonds. The van der Waals surface area contributed by atoms with Gasteiger partial charge in [-0.05, 0) is 37.7 Å². The van der Waals surface area contributed by atoms with Gasteiger partial charge in [0.15, 0.2) is 11.6 Å². The van der Waals surface area contributed by atoms with Gasteiger partial charge < -0.3 is 14.7 Å². The van der Waals surface area contributed by atoms with Crippen LogP contribution in [-0.4, -0.2) is 36.2 Å². The Labute approximate surface area is 108 Å². The first-order chi connectivity index (χ1) is 8.58. The molecule has 0 bridgehead atoms. The summed E-state index contributed by atoms with van der Waals surface area (Å²) in [5, 5.41) is 9.34. The van der Waals surface area contributed by atoms with E-state index in [0.29, 0.717) is 12.2 Å². The van der Waals surface area contributed by atoms with Crippen LogP contribution in [-0.2, 0) is 0 Å². The average molecular weight is 255 g/mol. The fourth-order valence-corrected chi connectivity index (χ4v) is 1.72. The second-order valence-electron chi connectivity index (χ2n) is 4.24. The van der Waals surface area contributed by atoms with E-state index in [9.17, 15) is 9.50 Å². The summed E-state index contributed by atoms with van der Waals surface area (Å²) in [6.45, 7) is 8.95.